The normalized spacial score (nSPS) is 11.9. The van der Waals surface area contributed by atoms with Crippen molar-refractivity contribution in [2.45, 2.75) is 13.0 Å². The number of hydrogen-bond donors (Lipinski definition) is 1. The molecule has 1 unspecified atom stereocenters. The van der Waals surface area contributed by atoms with Crippen molar-refractivity contribution >= 4 is 28.3 Å². The summed E-state index contributed by atoms with van der Waals surface area (Å²) in [6.07, 6.45) is 3.12. The molecule has 1 N–H and O–H groups in total. The summed E-state index contributed by atoms with van der Waals surface area (Å²) >= 11 is 6.33. The van der Waals surface area contributed by atoms with Crippen LogP contribution in [0.4, 0.5) is 0 Å². The lowest BCUT2D eigenvalue weighted by atomic mass is 10.1. The molecule has 0 spiro atoms. The molecule has 2 aromatic heterocycles. The summed E-state index contributed by atoms with van der Waals surface area (Å²) in [5.74, 6) is -0.260. The van der Waals surface area contributed by atoms with E-state index in [0.717, 1.165) is 5.39 Å². The number of hydrogen-bond acceptors (Lipinski definition) is 3. The van der Waals surface area contributed by atoms with Crippen molar-refractivity contribution < 1.29 is 4.79 Å². The highest BCUT2D eigenvalue weighted by atomic mass is 35.5. The molecule has 0 fully saturated rings. The fourth-order valence-corrected chi connectivity index (χ4v) is 3.62. The molecule has 4 aromatic rings. The number of pyridine rings is 2. The van der Waals surface area contributed by atoms with E-state index >= 15 is 0 Å². The van der Waals surface area contributed by atoms with Crippen LogP contribution in [0.15, 0.2) is 83.9 Å². The van der Waals surface area contributed by atoms with Gasteiger partial charge < -0.3 is 5.32 Å². The fraction of sp³-hybridized carbons (Fsp3) is 0.0870. The van der Waals surface area contributed by atoms with E-state index in [1.807, 2.05) is 49.4 Å². The van der Waals surface area contributed by atoms with Crippen LogP contribution < -0.4 is 10.9 Å². The molecule has 0 aliphatic heterocycles. The molecule has 4 rings (SSSR count). The Labute approximate surface area is 172 Å². The Kier molecular flexibility index (Phi) is 5.14. The summed E-state index contributed by atoms with van der Waals surface area (Å²) in [7, 11) is 0. The number of fused-ring (bicyclic) bond motifs is 1. The van der Waals surface area contributed by atoms with E-state index in [4.69, 9.17) is 11.6 Å². The van der Waals surface area contributed by atoms with E-state index in [-0.39, 0.29) is 11.5 Å². The molecule has 0 radical (unpaired) electrons. The number of amides is 1. The average molecular weight is 404 g/mol. The lowest BCUT2D eigenvalue weighted by Gasteiger charge is -2.21. The van der Waals surface area contributed by atoms with E-state index in [9.17, 15) is 9.59 Å². The van der Waals surface area contributed by atoms with Gasteiger partial charge in [0.05, 0.1) is 22.0 Å². The zero-order valence-corrected chi connectivity index (χ0v) is 16.4. The predicted molar refractivity (Wildman–Crippen MR) is 115 cm³/mol. The van der Waals surface area contributed by atoms with Gasteiger partial charge >= 0.3 is 0 Å². The van der Waals surface area contributed by atoms with Gasteiger partial charge in [-0.1, -0.05) is 41.9 Å². The molecule has 2 heterocycles. The third-order valence-electron chi connectivity index (χ3n) is 4.75. The predicted octanol–water partition coefficient (Wildman–Crippen LogP) is 4.53. The molecule has 1 atom stereocenters. The van der Waals surface area contributed by atoms with Crippen LogP contribution >= 0.6 is 11.6 Å². The Balaban J connectivity index is 1.86. The highest BCUT2D eigenvalue weighted by Gasteiger charge is 2.19. The molecule has 29 heavy (non-hydrogen) atoms. The first kappa shape index (κ1) is 18.9. The quantitative estimate of drug-likeness (QED) is 0.544. The summed E-state index contributed by atoms with van der Waals surface area (Å²) in [4.78, 5) is 30.0. The number of nitrogens with zero attached hydrogens (tertiary/aromatic N) is 2. The van der Waals surface area contributed by atoms with Crippen LogP contribution in [0.3, 0.4) is 0 Å². The van der Waals surface area contributed by atoms with Crippen LogP contribution in [0.2, 0.25) is 5.02 Å². The molecule has 6 heteroatoms. The minimum absolute atomic E-state index is 0.225. The number of benzene rings is 2. The minimum atomic E-state index is -0.431. The maximum absolute atomic E-state index is 13.4. The van der Waals surface area contributed by atoms with Crippen LogP contribution in [0.5, 0.6) is 0 Å². The SMILES string of the molecule is CC(NC(=O)c1cccnc1)c1cc2cccc(Cl)c2c(=O)n1-c1ccccc1. The number of para-hydroxylation sites is 1. The van der Waals surface area contributed by atoms with Gasteiger partial charge in [0.1, 0.15) is 0 Å². The second kappa shape index (κ2) is 7.89. The molecular formula is C23H18ClN3O2. The van der Waals surface area contributed by atoms with Crippen LogP contribution in [0.25, 0.3) is 16.5 Å². The lowest BCUT2D eigenvalue weighted by molar-refractivity contribution is 0.0938. The standard InChI is InChI=1S/C23H18ClN3O2/c1-15(26-22(28)17-8-6-12-25-14-17)20-13-16-7-5-11-19(24)21(16)23(29)27(20)18-9-3-2-4-10-18/h2-15H,1H3,(H,26,28). The minimum Gasteiger partial charge on any atom is -0.344 e. The first-order valence-electron chi connectivity index (χ1n) is 9.17. The van der Waals surface area contributed by atoms with Gasteiger partial charge in [-0.05, 0) is 48.7 Å². The van der Waals surface area contributed by atoms with Gasteiger partial charge in [0, 0.05) is 23.8 Å². The van der Waals surface area contributed by atoms with Crippen LogP contribution in [-0.4, -0.2) is 15.5 Å². The lowest BCUT2D eigenvalue weighted by Crippen LogP contribution is -2.32. The number of aromatic nitrogens is 2. The van der Waals surface area contributed by atoms with Gasteiger partial charge in [-0.2, -0.15) is 0 Å². The Bertz CT molecular complexity index is 1240. The third-order valence-corrected chi connectivity index (χ3v) is 5.07. The highest BCUT2D eigenvalue weighted by Crippen LogP contribution is 2.25. The molecule has 2 aromatic carbocycles. The largest absolute Gasteiger partial charge is 0.344 e. The maximum Gasteiger partial charge on any atom is 0.264 e. The van der Waals surface area contributed by atoms with Crippen molar-refractivity contribution in [3.05, 3.63) is 106 Å². The van der Waals surface area contributed by atoms with Crippen LogP contribution in [0.1, 0.15) is 29.0 Å². The van der Waals surface area contributed by atoms with Crippen molar-refractivity contribution in [2.24, 2.45) is 0 Å². The number of rotatable bonds is 4. The fourth-order valence-electron chi connectivity index (χ4n) is 3.35. The third kappa shape index (κ3) is 3.65. The summed E-state index contributed by atoms with van der Waals surface area (Å²) in [6, 6.07) is 19.5. The Morgan fingerprint density at radius 1 is 1.07 bits per heavy atom. The zero-order chi connectivity index (χ0) is 20.4. The average Bonchev–Trinajstić information content (AvgIpc) is 2.74. The van der Waals surface area contributed by atoms with Gasteiger partial charge in [0.2, 0.25) is 0 Å². The zero-order valence-electron chi connectivity index (χ0n) is 15.7. The molecule has 5 nitrogen and oxygen atoms in total. The van der Waals surface area contributed by atoms with E-state index in [1.54, 1.807) is 35.0 Å². The summed E-state index contributed by atoms with van der Waals surface area (Å²) in [6.45, 7) is 1.85. The van der Waals surface area contributed by atoms with Gasteiger partial charge in [-0.3, -0.25) is 19.1 Å². The first-order chi connectivity index (χ1) is 14.1. The van der Waals surface area contributed by atoms with Crippen molar-refractivity contribution in [3.63, 3.8) is 0 Å². The topological polar surface area (TPSA) is 64.0 Å². The molecule has 1 amide bonds. The maximum atomic E-state index is 13.4. The number of halogens is 1. The molecule has 0 bridgehead atoms. The van der Waals surface area contributed by atoms with Crippen molar-refractivity contribution in [3.8, 4) is 5.69 Å². The first-order valence-corrected chi connectivity index (χ1v) is 9.54. The van der Waals surface area contributed by atoms with Gasteiger partial charge in [-0.25, -0.2) is 0 Å². The van der Waals surface area contributed by atoms with E-state index in [1.165, 1.54) is 6.20 Å². The molecule has 144 valence electrons. The van der Waals surface area contributed by atoms with Crippen LogP contribution in [-0.2, 0) is 0 Å². The van der Waals surface area contributed by atoms with Gasteiger partial charge in [0.25, 0.3) is 11.5 Å². The van der Waals surface area contributed by atoms with Crippen LogP contribution in [0, 0.1) is 0 Å². The Hall–Kier alpha value is -3.44. The summed E-state index contributed by atoms with van der Waals surface area (Å²) in [5, 5.41) is 4.54. The molecule has 0 aliphatic carbocycles. The van der Waals surface area contributed by atoms with Crippen molar-refractivity contribution in [1.82, 2.24) is 14.9 Å². The summed E-state index contributed by atoms with van der Waals surface area (Å²) in [5.41, 5.74) is 1.60. The van der Waals surface area contributed by atoms with Crippen molar-refractivity contribution in [2.75, 3.05) is 0 Å². The highest BCUT2D eigenvalue weighted by molar-refractivity contribution is 6.35. The van der Waals surface area contributed by atoms with Gasteiger partial charge in [0.15, 0.2) is 0 Å². The number of carbonyl (C=O) groups excluding carboxylic acids is 1. The molecule has 0 saturated carbocycles. The number of carbonyl (C=O) groups is 1. The Morgan fingerprint density at radius 3 is 2.59 bits per heavy atom. The number of nitrogens with one attached hydrogen (secondary N) is 1. The molecular weight excluding hydrogens is 386 g/mol. The van der Waals surface area contributed by atoms with E-state index in [2.05, 4.69) is 10.3 Å². The van der Waals surface area contributed by atoms with Crippen molar-refractivity contribution in [1.29, 1.82) is 0 Å². The van der Waals surface area contributed by atoms with Gasteiger partial charge in [-0.15, -0.1) is 0 Å². The molecule has 0 aliphatic rings. The smallest absolute Gasteiger partial charge is 0.264 e. The molecule has 0 saturated heterocycles. The monoisotopic (exact) mass is 403 g/mol. The second-order valence-corrected chi connectivity index (χ2v) is 7.09. The van der Waals surface area contributed by atoms with E-state index < -0.39 is 6.04 Å². The second-order valence-electron chi connectivity index (χ2n) is 6.69. The van der Waals surface area contributed by atoms with E-state index in [0.29, 0.717) is 27.4 Å². The Morgan fingerprint density at radius 2 is 1.86 bits per heavy atom. The summed E-state index contributed by atoms with van der Waals surface area (Å²) < 4.78 is 1.60.